The van der Waals surface area contributed by atoms with Crippen molar-refractivity contribution in [3.63, 3.8) is 0 Å². The van der Waals surface area contributed by atoms with Crippen LogP contribution in [0.5, 0.6) is 5.75 Å². The SMILES string of the molecule is O=Cc1cccc(O)c1C(O)C(O)CNC(=O)OCC1c2ccccc2-c2ccccc21. The highest BCUT2D eigenvalue weighted by atomic mass is 16.5. The van der Waals surface area contributed by atoms with E-state index in [0.717, 1.165) is 22.3 Å². The van der Waals surface area contributed by atoms with Gasteiger partial charge in [0.25, 0.3) is 0 Å². The molecule has 4 rings (SSSR count). The van der Waals surface area contributed by atoms with Crippen LogP contribution in [0.25, 0.3) is 11.1 Å². The second kappa shape index (κ2) is 9.21. The maximum atomic E-state index is 12.2. The van der Waals surface area contributed by atoms with Gasteiger partial charge < -0.3 is 25.4 Å². The Bertz CT molecular complexity index is 1100. The maximum absolute atomic E-state index is 12.2. The number of phenolic OH excluding ortho intramolecular Hbond substituents is 1. The molecule has 32 heavy (non-hydrogen) atoms. The summed E-state index contributed by atoms with van der Waals surface area (Å²) < 4.78 is 5.40. The van der Waals surface area contributed by atoms with Gasteiger partial charge in [0.2, 0.25) is 0 Å². The first kappa shape index (κ1) is 21.5. The molecule has 0 spiro atoms. The number of aldehydes is 1. The normalized spacial score (nSPS) is 14.2. The van der Waals surface area contributed by atoms with E-state index in [0.29, 0.717) is 6.29 Å². The van der Waals surface area contributed by atoms with E-state index < -0.39 is 18.3 Å². The van der Waals surface area contributed by atoms with Crippen molar-refractivity contribution in [2.45, 2.75) is 18.1 Å². The number of carbonyl (C=O) groups excluding carboxylic acids is 2. The first-order valence-corrected chi connectivity index (χ1v) is 10.2. The molecule has 164 valence electrons. The number of hydrogen-bond acceptors (Lipinski definition) is 6. The molecule has 0 radical (unpaired) electrons. The minimum Gasteiger partial charge on any atom is -0.508 e. The van der Waals surface area contributed by atoms with Gasteiger partial charge in [0.15, 0.2) is 6.29 Å². The Hall–Kier alpha value is -3.68. The summed E-state index contributed by atoms with van der Waals surface area (Å²) >= 11 is 0. The molecule has 2 atom stereocenters. The Morgan fingerprint density at radius 3 is 2.22 bits per heavy atom. The van der Waals surface area contributed by atoms with E-state index in [1.54, 1.807) is 0 Å². The second-order valence-electron chi connectivity index (χ2n) is 7.62. The summed E-state index contributed by atoms with van der Waals surface area (Å²) in [6.45, 7) is -0.211. The largest absolute Gasteiger partial charge is 0.508 e. The van der Waals surface area contributed by atoms with Crippen LogP contribution in [0.4, 0.5) is 4.79 Å². The maximum Gasteiger partial charge on any atom is 0.407 e. The third-order valence-electron chi connectivity index (χ3n) is 5.70. The van der Waals surface area contributed by atoms with Crippen LogP contribution in [0, 0.1) is 0 Å². The van der Waals surface area contributed by atoms with E-state index >= 15 is 0 Å². The van der Waals surface area contributed by atoms with E-state index in [-0.39, 0.29) is 35.9 Å². The highest BCUT2D eigenvalue weighted by Crippen LogP contribution is 2.44. The number of benzene rings is 3. The average molecular weight is 433 g/mol. The minimum atomic E-state index is -1.56. The number of hydrogen-bond donors (Lipinski definition) is 4. The van der Waals surface area contributed by atoms with Crippen molar-refractivity contribution in [3.05, 3.63) is 89.0 Å². The second-order valence-corrected chi connectivity index (χ2v) is 7.62. The zero-order chi connectivity index (χ0) is 22.7. The van der Waals surface area contributed by atoms with Gasteiger partial charge in [0, 0.05) is 23.6 Å². The molecule has 7 nitrogen and oxygen atoms in total. The average Bonchev–Trinajstić information content (AvgIpc) is 3.14. The predicted molar refractivity (Wildman–Crippen MR) is 118 cm³/mol. The van der Waals surface area contributed by atoms with Crippen molar-refractivity contribution >= 4 is 12.4 Å². The molecule has 0 fully saturated rings. The lowest BCUT2D eigenvalue weighted by Crippen LogP contribution is -2.36. The summed E-state index contributed by atoms with van der Waals surface area (Å²) in [5.74, 6) is -0.414. The van der Waals surface area contributed by atoms with E-state index in [9.17, 15) is 24.9 Å². The molecule has 2 unspecified atom stereocenters. The molecule has 1 aliphatic carbocycles. The number of aliphatic hydroxyl groups is 2. The number of fused-ring (bicyclic) bond motifs is 3. The van der Waals surface area contributed by atoms with Crippen LogP contribution in [0.1, 0.15) is 39.1 Å². The Labute approximate surface area is 184 Å². The predicted octanol–water partition coefficient (Wildman–Crippen LogP) is 3.14. The Morgan fingerprint density at radius 1 is 0.969 bits per heavy atom. The van der Waals surface area contributed by atoms with E-state index in [1.165, 1.54) is 18.2 Å². The van der Waals surface area contributed by atoms with Gasteiger partial charge in [-0.05, 0) is 28.3 Å². The molecule has 0 heterocycles. The van der Waals surface area contributed by atoms with E-state index in [2.05, 4.69) is 5.32 Å². The van der Waals surface area contributed by atoms with Crippen LogP contribution in [0.15, 0.2) is 66.7 Å². The highest BCUT2D eigenvalue weighted by Gasteiger charge is 2.29. The first-order chi connectivity index (χ1) is 15.5. The Morgan fingerprint density at radius 2 is 1.59 bits per heavy atom. The fourth-order valence-electron chi connectivity index (χ4n) is 4.14. The van der Waals surface area contributed by atoms with Crippen molar-refractivity contribution in [2.24, 2.45) is 0 Å². The smallest absolute Gasteiger partial charge is 0.407 e. The Kier molecular flexibility index (Phi) is 6.20. The van der Waals surface area contributed by atoms with Crippen molar-refractivity contribution in [1.29, 1.82) is 0 Å². The first-order valence-electron chi connectivity index (χ1n) is 10.2. The molecule has 0 aliphatic heterocycles. The summed E-state index contributed by atoms with van der Waals surface area (Å²) in [7, 11) is 0. The van der Waals surface area contributed by atoms with Gasteiger partial charge in [0.1, 0.15) is 24.6 Å². The zero-order valence-corrected chi connectivity index (χ0v) is 17.1. The summed E-state index contributed by atoms with van der Waals surface area (Å²) in [5, 5.41) is 33.0. The number of amides is 1. The van der Waals surface area contributed by atoms with Gasteiger partial charge in [-0.2, -0.15) is 0 Å². The quantitative estimate of drug-likeness (QED) is 0.426. The van der Waals surface area contributed by atoms with Gasteiger partial charge in [-0.1, -0.05) is 60.7 Å². The van der Waals surface area contributed by atoms with Gasteiger partial charge >= 0.3 is 6.09 Å². The van der Waals surface area contributed by atoms with Crippen molar-refractivity contribution in [3.8, 4) is 16.9 Å². The van der Waals surface area contributed by atoms with Crippen molar-refractivity contribution in [2.75, 3.05) is 13.2 Å². The monoisotopic (exact) mass is 433 g/mol. The van der Waals surface area contributed by atoms with Crippen molar-refractivity contribution < 1.29 is 29.6 Å². The fraction of sp³-hybridized carbons (Fsp3) is 0.200. The third-order valence-corrected chi connectivity index (χ3v) is 5.70. The van der Waals surface area contributed by atoms with Gasteiger partial charge in [0.05, 0.1) is 0 Å². The lowest BCUT2D eigenvalue weighted by atomic mass is 9.98. The summed E-state index contributed by atoms with van der Waals surface area (Å²) in [6.07, 6.45) is -3.29. The molecule has 4 N–H and O–H groups in total. The van der Waals surface area contributed by atoms with Crippen LogP contribution < -0.4 is 5.32 Å². The standard InChI is InChI=1S/C25H23NO6/c27-13-15-6-5-11-21(28)23(15)24(30)22(29)12-26-25(31)32-14-20-18-9-3-1-7-16(18)17-8-2-4-10-19(17)20/h1-11,13,20,22,24,28-30H,12,14H2,(H,26,31). The van der Waals surface area contributed by atoms with Crippen LogP contribution in [0.3, 0.4) is 0 Å². The molecule has 0 saturated carbocycles. The fourth-order valence-corrected chi connectivity index (χ4v) is 4.14. The number of rotatable bonds is 7. The topological polar surface area (TPSA) is 116 Å². The van der Waals surface area contributed by atoms with Crippen LogP contribution >= 0.6 is 0 Å². The Balaban J connectivity index is 1.37. The number of carbonyl (C=O) groups is 2. The lowest BCUT2D eigenvalue weighted by molar-refractivity contribution is 0.0169. The summed E-state index contributed by atoms with van der Waals surface area (Å²) in [4.78, 5) is 23.4. The lowest BCUT2D eigenvalue weighted by Gasteiger charge is -2.21. The molecule has 1 amide bonds. The minimum absolute atomic E-state index is 0.0534. The summed E-state index contributed by atoms with van der Waals surface area (Å²) in [6, 6.07) is 20.1. The molecule has 0 aromatic heterocycles. The molecule has 7 heteroatoms. The van der Waals surface area contributed by atoms with Gasteiger partial charge in [-0.15, -0.1) is 0 Å². The van der Waals surface area contributed by atoms with Crippen LogP contribution in [-0.2, 0) is 4.74 Å². The number of nitrogens with one attached hydrogen (secondary N) is 1. The number of alkyl carbamates (subject to hydrolysis) is 1. The van der Waals surface area contributed by atoms with Crippen LogP contribution in [0.2, 0.25) is 0 Å². The number of ether oxygens (including phenoxy) is 1. The molecule has 0 bridgehead atoms. The van der Waals surface area contributed by atoms with E-state index in [1.807, 2.05) is 48.5 Å². The number of phenols is 1. The van der Waals surface area contributed by atoms with Gasteiger partial charge in [-0.3, -0.25) is 4.79 Å². The molecular formula is C25H23NO6. The van der Waals surface area contributed by atoms with Crippen molar-refractivity contribution in [1.82, 2.24) is 5.32 Å². The number of aliphatic hydroxyl groups excluding tert-OH is 2. The third kappa shape index (κ3) is 4.08. The molecule has 3 aromatic carbocycles. The van der Waals surface area contributed by atoms with Crippen LogP contribution in [-0.4, -0.2) is 47.0 Å². The highest BCUT2D eigenvalue weighted by molar-refractivity contribution is 5.80. The molecule has 1 aliphatic rings. The molecule has 3 aromatic rings. The summed E-state index contributed by atoms with van der Waals surface area (Å²) in [5.41, 5.74) is 4.35. The number of aromatic hydroxyl groups is 1. The van der Waals surface area contributed by atoms with Gasteiger partial charge in [-0.25, -0.2) is 4.79 Å². The zero-order valence-electron chi connectivity index (χ0n) is 17.1. The molecule has 0 saturated heterocycles. The molecular weight excluding hydrogens is 410 g/mol. The van der Waals surface area contributed by atoms with E-state index in [4.69, 9.17) is 4.74 Å².